The average molecular weight is 440 g/mol. The standard InChI is InChI=1S/C17H12BrClN2O3S/c1-24-13-6-9(5-12(19)15(13)22)7-14-16(23)21-17(25-14)20-11-4-2-3-10(18)8-11/h2-8,22H,1H3,(H,20,21,23)/b14-7-. The van der Waals surface area contributed by atoms with Crippen molar-refractivity contribution in [3.8, 4) is 11.5 Å². The molecule has 3 rings (SSSR count). The summed E-state index contributed by atoms with van der Waals surface area (Å²) in [6.45, 7) is 0. The first-order valence-electron chi connectivity index (χ1n) is 7.08. The number of ether oxygens (including phenoxy) is 1. The first kappa shape index (κ1) is 17.8. The van der Waals surface area contributed by atoms with Gasteiger partial charge in [-0.1, -0.05) is 33.6 Å². The topological polar surface area (TPSA) is 70.9 Å². The van der Waals surface area contributed by atoms with Crippen LogP contribution in [0.3, 0.4) is 0 Å². The number of halogens is 2. The Morgan fingerprint density at radius 3 is 2.88 bits per heavy atom. The molecule has 1 aliphatic rings. The Balaban J connectivity index is 1.88. The third-order valence-electron chi connectivity index (χ3n) is 3.26. The van der Waals surface area contributed by atoms with Crippen LogP contribution in [0.4, 0.5) is 5.69 Å². The molecule has 8 heteroatoms. The molecule has 1 heterocycles. The first-order chi connectivity index (χ1) is 12.0. The molecule has 0 aliphatic carbocycles. The highest BCUT2D eigenvalue weighted by atomic mass is 79.9. The minimum Gasteiger partial charge on any atom is -0.503 e. The SMILES string of the molecule is COc1cc(/C=C2\SC(=Nc3cccc(Br)c3)NC2=O)cc(Cl)c1O. The molecule has 0 radical (unpaired) electrons. The van der Waals surface area contributed by atoms with E-state index < -0.39 is 0 Å². The van der Waals surface area contributed by atoms with Gasteiger partial charge in [0.1, 0.15) is 0 Å². The van der Waals surface area contributed by atoms with Gasteiger partial charge in [-0.25, -0.2) is 4.99 Å². The molecular weight excluding hydrogens is 428 g/mol. The van der Waals surface area contributed by atoms with Crippen molar-refractivity contribution in [2.45, 2.75) is 0 Å². The van der Waals surface area contributed by atoms with E-state index in [9.17, 15) is 9.90 Å². The van der Waals surface area contributed by atoms with Gasteiger partial charge in [-0.15, -0.1) is 0 Å². The molecule has 5 nitrogen and oxygen atoms in total. The number of hydrogen-bond acceptors (Lipinski definition) is 5. The monoisotopic (exact) mass is 438 g/mol. The molecular formula is C17H12BrClN2O3S. The Kier molecular flexibility index (Phi) is 5.36. The van der Waals surface area contributed by atoms with E-state index >= 15 is 0 Å². The average Bonchev–Trinajstić information content (AvgIpc) is 2.90. The van der Waals surface area contributed by atoms with Gasteiger partial charge in [-0.3, -0.25) is 4.79 Å². The molecule has 2 N–H and O–H groups in total. The highest BCUT2D eigenvalue weighted by Crippen LogP contribution is 2.37. The summed E-state index contributed by atoms with van der Waals surface area (Å²) in [5.74, 6) is -0.139. The normalized spacial score (nSPS) is 17.2. The van der Waals surface area contributed by atoms with Crippen molar-refractivity contribution in [2.75, 3.05) is 7.11 Å². The summed E-state index contributed by atoms with van der Waals surface area (Å²) >= 11 is 10.6. The maximum atomic E-state index is 12.1. The zero-order valence-electron chi connectivity index (χ0n) is 12.9. The number of phenols is 1. The van der Waals surface area contributed by atoms with E-state index in [4.69, 9.17) is 16.3 Å². The Morgan fingerprint density at radius 2 is 2.16 bits per heavy atom. The summed E-state index contributed by atoms with van der Waals surface area (Å²) in [5, 5.41) is 13.1. The quantitative estimate of drug-likeness (QED) is 0.680. The van der Waals surface area contributed by atoms with Crippen molar-refractivity contribution < 1.29 is 14.6 Å². The molecule has 2 aromatic rings. The molecule has 0 aromatic heterocycles. The second kappa shape index (κ2) is 7.51. The minimum atomic E-state index is -0.248. The van der Waals surface area contributed by atoms with Gasteiger partial charge in [0, 0.05) is 4.47 Å². The fourth-order valence-electron chi connectivity index (χ4n) is 2.13. The molecule has 0 bridgehead atoms. The molecule has 1 saturated heterocycles. The molecule has 0 saturated carbocycles. The number of aliphatic imine (C=N–C) groups is 1. The lowest BCUT2D eigenvalue weighted by atomic mass is 10.2. The Bertz CT molecular complexity index is 915. The number of thioether (sulfide) groups is 1. The predicted molar refractivity (Wildman–Crippen MR) is 105 cm³/mol. The third-order valence-corrected chi connectivity index (χ3v) is 4.95. The molecule has 0 spiro atoms. The van der Waals surface area contributed by atoms with Crippen molar-refractivity contribution in [3.05, 3.63) is 56.4 Å². The van der Waals surface area contributed by atoms with Gasteiger partial charge in [0.2, 0.25) is 0 Å². The number of nitrogens with zero attached hydrogens (tertiary/aromatic N) is 1. The molecule has 2 aromatic carbocycles. The molecule has 0 atom stereocenters. The molecule has 0 unspecified atom stereocenters. The van der Waals surface area contributed by atoms with Gasteiger partial charge in [-0.05, 0) is 53.7 Å². The fourth-order valence-corrected chi connectivity index (χ4v) is 3.58. The van der Waals surface area contributed by atoms with Crippen LogP contribution in [-0.2, 0) is 4.79 Å². The highest BCUT2D eigenvalue weighted by molar-refractivity contribution is 9.10. The fraction of sp³-hybridized carbons (Fsp3) is 0.0588. The van der Waals surface area contributed by atoms with Crippen LogP contribution in [0.25, 0.3) is 6.08 Å². The van der Waals surface area contributed by atoms with Crippen molar-refractivity contribution in [1.29, 1.82) is 0 Å². The Morgan fingerprint density at radius 1 is 1.36 bits per heavy atom. The lowest BCUT2D eigenvalue weighted by Gasteiger charge is -2.06. The molecule has 1 aliphatic heterocycles. The van der Waals surface area contributed by atoms with Crippen LogP contribution in [0.2, 0.25) is 5.02 Å². The van der Waals surface area contributed by atoms with E-state index in [0.29, 0.717) is 15.6 Å². The summed E-state index contributed by atoms with van der Waals surface area (Å²) in [6.07, 6.45) is 1.66. The highest BCUT2D eigenvalue weighted by Gasteiger charge is 2.24. The van der Waals surface area contributed by atoms with Crippen LogP contribution in [-0.4, -0.2) is 23.3 Å². The predicted octanol–water partition coefficient (Wildman–Crippen LogP) is 4.71. The lowest BCUT2D eigenvalue weighted by Crippen LogP contribution is -2.19. The van der Waals surface area contributed by atoms with Crippen LogP contribution in [0, 0.1) is 0 Å². The van der Waals surface area contributed by atoms with Crippen LogP contribution in [0.15, 0.2) is 50.8 Å². The number of amidine groups is 1. The van der Waals surface area contributed by atoms with E-state index in [1.165, 1.54) is 18.9 Å². The maximum Gasteiger partial charge on any atom is 0.264 e. The number of phenolic OH excluding ortho intramolecular Hbond substituents is 1. The number of aromatic hydroxyl groups is 1. The van der Waals surface area contributed by atoms with Gasteiger partial charge in [0.25, 0.3) is 5.91 Å². The summed E-state index contributed by atoms with van der Waals surface area (Å²) in [4.78, 5) is 17.0. The lowest BCUT2D eigenvalue weighted by molar-refractivity contribution is -0.115. The zero-order chi connectivity index (χ0) is 18.0. The van der Waals surface area contributed by atoms with Gasteiger partial charge >= 0.3 is 0 Å². The zero-order valence-corrected chi connectivity index (χ0v) is 16.1. The summed E-state index contributed by atoms with van der Waals surface area (Å²) in [5.41, 5.74) is 1.37. The molecule has 128 valence electrons. The van der Waals surface area contributed by atoms with Gasteiger partial charge in [0.15, 0.2) is 16.7 Å². The van der Waals surface area contributed by atoms with Gasteiger partial charge in [0.05, 0.1) is 22.7 Å². The van der Waals surface area contributed by atoms with Crippen molar-refractivity contribution in [3.63, 3.8) is 0 Å². The van der Waals surface area contributed by atoms with Crippen molar-refractivity contribution >= 4 is 62.1 Å². The number of benzene rings is 2. The van der Waals surface area contributed by atoms with Crippen LogP contribution in [0.5, 0.6) is 11.5 Å². The van der Waals surface area contributed by atoms with Crippen LogP contribution >= 0.6 is 39.3 Å². The first-order valence-corrected chi connectivity index (χ1v) is 9.06. The van der Waals surface area contributed by atoms with E-state index in [-0.39, 0.29) is 22.4 Å². The van der Waals surface area contributed by atoms with E-state index in [2.05, 4.69) is 26.2 Å². The minimum absolute atomic E-state index is 0.133. The van der Waals surface area contributed by atoms with Gasteiger partial charge < -0.3 is 15.2 Å². The van der Waals surface area contributed by atoms with Crippen molar-refractivity contribution in [1.82, 2.24) is 5.32 Å². The van der Waals surface area contributed by atoms with E-state index in [1.54, 1.807) is 18.2 Å². The number of amides is 1. The summed E-state index contributed by atoms with van der Waals surface area (Å²) in [6, 6.07) is 10.6. The Labute approximate surface area is 161 Å². The smallest absolute Gasteiger partial charge is 0.264 e. The number of hydrogen-bond donors (Lipinski definition) is 2. The largest absolute Gasteiger partial charge is 0.503 e. The van der Waals surface area contributed by atoms with E-state index in [1.807, 2.05) is 24.3 Å². The third kappa shape index (κ3) is 4.18. The summed E-state index contributed by atoms with van der Waals surface area (Å²) < 4.78 is 5.98. The number of nitrogens with one attached hydrogen (secondary N) is 1. The molecule has 1 fully saturated rings. The number of rotatable bonds is 3. The number of carbonyl (C=O) groups excluding carboxylic acids is 1. The number of carbonyl (C=O) groups is 1. The van der Waals surface area contributed by atoms with Crippen LogP contribution < -0.4 is 10.1 Å². The molecule has 1 amide bonds. The number of methoxy groups -OCH3 is 1. The maximum absolute atomic E-state index is 12.1. The Hall–Kier alpha value is -1.96. The molecule has 25 heavy (non-hydrogen) atoms. The van der Waals surface area contributed by atoms with Crippen LogP contribution in [0.1, 0.15) is 5.56 Å². The second-order valence-corrected chi connectivity index (χ2v) is 7.37. The van der Waals surface area contributed by atoms with Gasteiger partial charge in [-0.2, -0.15) is 0 Å². The summed E-state index contributed by atoms with van der Waals surface area (Å²) in [7, 11) is 1.43. The van der Waals surface area contributed by atoms with Crippen molar-refractivity contribution in [2.24, 2.45) is 4.99 Å². The second-order valence-electron chi connectivity index (χ2n) is 5.02. The van der Waals surface area contributed by atoms with E-state index in [0.717, 1.165) is 10.2 Å².